The average molecular weight is 259 g/mol. The van der Waals surface area contributed by atoms with Gasteiger partial charge in [0.2, 0.25) is 0 Å². The number of benzene rings is 1. The fraction of sp³-hybridized carbons (Fsp3) is 0.667. The topological polar surface area (TPSA) is 12.0 Å². The molecule has 1 aliphatic carbocycles. The highest BCUT2D eigenvalue weighted by atomic mass is 14.9. The predicted molar refractivity (Wildman–Crippen MR) is 83.4 cm³/mol. The van der Waals surface area contributed by atoms with Crippen LogP contribution in [0.1, 0.15) is 51.0 Å². The lowest BCUT2D eigenvalue weighted by atomic mass is 9.77. The zero-order chi connectivity index (χ0) is 13.3. The smallest absolute Gasteiger partial charge is 0.00147 e. The van der Waals surface area contributed by atoms with Crippen molar-refractivity contribution in [3.8, 4) is 0 Å². The van der Waals surface area contributed by atoms with Gasteiger partial charge in [0.25, 0.3) is 0 Å². The molecule has 0 spiro atoms. The number of hydrogen-bond donors (Lipinski definition) is 1. The van der Waals surface area contributed by atoms with E-state index in [1.807, 2.05) is 0 Å². The van der Waals surface area contributed by atoms with Gasteiger partial charge in [-0.2, -0.15) is 0 Å². The maximum absolute atomic E-state index is 3.65. The van der Waals surface area contributed by atoms with E-state index in [1.165, 1.54) is 57.1 Å². The predicted octanol–water partition coefficient (Wildman–Crippen LogP) is 4.43. The number of hydrogen-bond acceptors (Lipinski definition) is 1. The molecule has 0 amide bonds. The molecule has 1 aromatic carbocycles. The second-order valence-corrected chi connectivity index (χ2v) is 6.05. The Morgan fingerprint density at radius 1 is 1.11 bits per heavy atom. The van der Waals surface area contributed by atoms with Crippen LogP contribution in [0.15, 0.2) is 30.3 Å². The molecular formula is C18H29N. The van der Waals surface area contributed by atoms with Gasteiger partial charge < -0.3 is 5.32 Å². The molecule has 1 heteroatoms. The molecule has 0 aliphatic heterocycles. The van der Waals surface area contributed by atoms with E-state index in [9.17, 15) is 0 Å². The Morgan fingerprint density at radius 3 is 2.53 bits per heavy atom. The highest BCUT2D eigenvalue weighted by molar-refractivity contribution is 5.15. The summed E-state index contributed by atoms with van der Waals surface area (Å²) in [4.78, 5) is 0. The van der Waals surface area contributed by atoms with Crippen molar-refractivity contribution < 1.29 is 0 Å². The molecule has 0 heterocycles. The summed E-state index contributed by atoms with van der Waals surface area (Å²) in [6.45, 7) is 4.62. The normalized spacial score (nSPS) is 18.4. The molecule has 0 radical (unpaired) electrons. The summed E-state index contributed by atoms with van der Waals surface area (Å²) in [5.74, 6) is 1.77. The first-order valence-electron chi connectivity index (χ1n) is 8.14. The quantitative estimate of drug-likeness (QED) is 0.715. The summed E-state index contributed by atoms with van der Waals surface area (Å²) in [6, 6.07) is 11.0. The Labute approximate surface area is 118 Å². The van der Waals surface area contributed by atoms with Gasteiger partial charge in [-0.15, -0.1) is 0 Å². The molecule has 19 heavy (non-hydrogen) atoms. The van der Waals surface area contributed by atoms with Crippen molar-refractivity contribution in [2.45, 2.75) is 51.9 Å². The van der Waals surface area contributed by atoms with Crippen molar-refractivity contribution in [3.05, 3.63) is 35.9 Å². The molecule has 0 aromatic heterocycles. The number of nitrogens with one attached hydrogen (secondary N) is 1. The van der Waals surface area contributed by atoms with Gasteiger partial charge in [-0.25, -0.2) is 0 Å². The van der Waals surface area contributed by atoms with Gasteiger partial charge in [0.15, 0.2) is 0 Å². The van der Waals surface area contributed by atoms with E-state index >= 15 is 0 Å². The molecule has 1 N–H and O–H groups in total. The van der Waals surface area contributed by atoms with Crippen LogP contribution in [-0.2, 0) is 6.42 Å². The summed E-state index contributed by atoms with van der Waals surface area (Å²) < 4.78 is 0. The zero-order valence-electron chi connectivity index (χ0n) is 12.4. The van der Waals surface area contributed by atoms with E-state index in [0.717, 1.165) is 18.4 Å². The van der Waals surface area contributed by atoms with Crippen molar-refractivity contribution in [3.63, 3.8) is 0 Å². The van der Waals surface area contributed by atoms with Crippen molar-refractivity contribution in [2.75, 3.05) is 13.1 Å². The first-order chi connectivity index (χ1) is 9.40. The first kappa shape index (κ1) is 14.6. The molecule has 1 saturated carbocycles. The lowest BCUT2D eigenvalue weighted by Gasteiger charge is -2.30. The van der Waals surface area contributed by atoms with Crippen molar-refractivity contribution in [1.82, 2.24) is 5.32 Å². The Balaban J connectivity index is 1.92. The van der Waals surface area contributed by atoms with Gasteiger partial charge >= 0.3 is 0 Å². The molecule has 2 rings (SSSR count). The molecular weight excluding hydrogens is 230 g/mol. The molecule has 0 saturated heterocycles. The highest BCUT2D eigenvalue weighted by Crippen LogP contribution is 2.31. The van der Waals surface area contributed by atoms with Crippen LogP contribution in [0, 0.1) is 11.8 Å². The van der Waals surface area contributed by atoms with E-state index in [-0.39, 0.29) is 0 Å². The fourth-order valence-corrected chi connectivity index (χ4v) is 3.39. The first-order valence-corrected chi connectivity index (χ1v) is 8.14. The van der Waals surface area contributed by atoms with E-state index < -0.39 is 0 Å². The Morgan fingerprint density at radius 2 is 1.84 bits per heavy atom. The van der Waals surface area contributed by atoms with E-state index in [0.29, 0.717) is 0 Å². The lowest BCUT2D eigenvalue weighted by molar-refractivity contribution is 0.240. The maximum Gasteiger partial charge on any atom is -0.00147 e. The van der Waals surface area contributed by atoms with Crippen LogP contribution in [0.4, 0.5) is 0 Å². The van der Waals surface area contributed by atoms with E-state index in [1.54, 1.807) is 0 Å². The van der Waals surface area contributed by atoms with Crippen LogP contribution >= 0.6 is 0 Å². The second kappa shape index (κ2) is 8.37. The van der Waals surface area contributed by atoms with Gasteiger partial charge in [-0.3, -0.25) is 0 Å². The minimum Gasteiger partial charge on any atom is -0.316 e. The third-order valence-electron chi connectivity index (χ3n) is 4.49. The third-order valence-corrected chi connectivity index (χ3v) is 4.49. The molecule has 106 valence electrons. The summed E-state index contributed by atoms with van der Waals surface area (Å²) in [6.07, 6.45) is 9.74. The van der Waals surface area contributed by atoms with Gasteiger partial charge in [0, 0.05) is 0 Å². The Kier molecular flexibility index (Phi) is 6.43. The van der Waals surface area contributed by atoms with Gasteiger partial charge in [-0.05, 0) is 43.3 Å². The average Bonchev–Trinajstić information content (AvgIpc) is 2.48. The molecule has 1 aliphatic rings. The summed E-state index contributed by atoms with van der Waals surface area (Å²) in [5, 5.41) is 3.65. The maximum atomic E-state index is 3.65. The van der Waals surface area contributed by atoms with Crippen LogP contribution in [0.2, 0.25) is 0 Å². The van der Waals surface area contributed by atoms with Crippen LogP contribution < -0.4 is 5.32 Å². The zero-order valence-corrected chi connectivity index (χ0v) is 12.4. The largest absolute Gasteiger partial charge is 0.316 e. The van der Waals surface area contributed by atoms with Crippen molar-refractivity contribution in [2.24, 2.45) is 11.8 Å². The summed E-state index contributed by atoms with van der Waals surface area (Å²) in [5.41, 5.74) is 1.51. The van der Waals surface area contributed by atoms with Gasteiger partial charge in [-0.1, -0.05) is 69.4 Å². The SMILES string of the molecule is CCCNCC(Cc1ccccc1)C1CCCCC1. The monoisotopic (exact) mass is 259 g/mol. The van der Waals surface area contributed by atoms with Gasteiger partial charge in [0.05, 0.1) is 0 Å². The summed E-state index contributed by atoms with van der Waals surface area (Å²) >= 11 is 0. The van der Waals surface area contributed by atoms with Gasteiger partial charge in [0.1, 0.15) is 0 Å². The highest BCUT2D eigenvalue weighted by Gasteiger charge is 2.23. The lowest BCUT2D eigenvalue weighted by Crippen LogP contribution is -2.31. The third kappa shape index (κ3) is 4.99. The van der Waals surface area contributed by atoms with E-state index in [2.05, 4.69) is 42.6 Å². The number of rotatable bonds is 7. The minimum absolute atomic E-state index is 0.828. The Bertz CT molecular complexity index is 327. The standard InChI is InChI=1S/C18H29N/c1-2-13-19-15-18(17-11-7-4-8-12-17)14-16-9-5-3-6-10-16/h3,5-6,9-10,17-19H,2,4,7-8,11-15H2,1H3. The second-order valence-electron chi connectivity index (χ2n) is 6.05. The molecule has 1 atom stereocenters. The van der Waals surface area contributed by atoms with Crippen LogP contribution in [0.25, 0.3) is 0 Å². The molecule has 0 bridgehead atoms. The molecule has 1 unspecified atom stereocenters. The Hall–Kier alpha value is -0.820. The van der Waals surface area contributed by atoms with Crippen LogP contribution in [0.3, 0.4) is 0 Å². The molecule has 1 fully saturated rings. The minimum atomic E-state index is 0.828. The summed E-state index contributed by atoms with van der Waals surface area (Å²) in [7, 11) is 0. The van der Waals surface area contributed by atoms with Crippen molar-refractivity contribution in [1.29, 1.82) is 0 Å². The van der Waals surface area contributed by atoms with Crippen LogP contribution in [0.5, 0.6) is 0 Å². The van der Waals surface area contributed by atoms with Crippen LogP contribution in [-0.4, -0.2) is 13.1 Å². The molecule has 1 nitrogen and oxygen atoms in total. The van der Waals surface area contributed by atoms with Crippen molar-refractivity contribution >= 4 is 0 Å². The molecule has 1 aromatic rings. The van der Waals surface area contributed by atoms with E-state index in [4.69, 9.17) is 0 Å². The fourth-order valence-electron chi connectivity index (χ4n) is 3.39.